The predicted molar refractivity (Wildman–Crippen MR) is 79.6 cm³/mol. The van der Waals surface area contributed by atoms with E-state index < -0.39 is 0 Å². The van der Waals surface area contributed by atoms with Crippen LogP contribution in [0.2, 0.25) is 0 Å². The Labute approximate surface area is 125 Å². The minimum atomic E-state index is 0.802. The molecule has 0 N–H and O–H groups in total. The number of nitrogens with zero attached hydrogens (tertiary/aromatic N) is 2. The maximum Gasteiger partial charge on any atom is 0.0947 e. The molecule has 0 radical (unpaired) electrons. The second-order valence-electron chi connectivity index (χ2n) is 6.62. The van der Waals surface area contributed by atoms with Crippen molar-refractivity contribution in [3.05, 3.63) is 48.3 Å². The summed E-state index contributed by atoms with van der Waals surface area (Å²) in [5.41, 5.74) is 2.59. The quantitative estimate of drug-likeness (QED) is 0.865. The Balaban J connectivity index is 1.35. The lowest BCUT2D eigenvalue weighted by Crippen LogP contribution is -2.51. The van der Waals surface area contributed by atoms with E-state index >= 15 is 0 Å². The number of likely N-dealkylation sites (tertiary alicyclic amines) is 2. The molecule has 2 aliphatic heterocycles. The zero-order chi connectivity index (χ0) is 14.1. The van der Waals surface area contributed by atoms with Crippen LogP contribution in [-0.2, 0) is 13.1 Å². The first-order valence-electron chi connectivity index (χ1n) is 7.82. The van der Waals surface area contributed by atoms with Gasteiger partial charge in [0.2, 0.25) is 0 Å². The van der Waals surface area contributed by atoms with Gasteiger partial charge in [-0.15, -0.1) is 0 Å². The van der Waals surface area contributed by atoms with Crippen molar-refractivity contribution in [2.45, 2.75) is 19.5 Å². The molecule has 0 amide bonds. The van der Waals surface area contributed by atoms with Crippen molar-refractivity contribution in [3.63, 3.8) is 0 Å². The molecule has 4 nitrogen and oxygen atoms in total. The smallest absolute Gasteiger partial charge is 0.0947 e. The van der Waals surface area contributed by atoms with E-state index in [2.05, 4.69) is 21.9 Å². The van der Waals surface area contributed by atoms with Gasteiger partial charge in [0.15, 0.2) is 0 Å². The van der Waals surface area contributed by atoms with Crippen molar-refractivity contribution in [2.24, 2.45) is 11.8 Å². The maximum atomic E-state index is 5.18. The minimum Gasteiger partial charge on any atom is -0.472 e. The maximum absolute atomic E-state index is 5.18. The van der Waals surface area contributed by atoms with Crippen LogP contribution in [0.25, 0.3) is 0 Å². The molecule has 2 aromatic rings. The fourth-order valence-corrected chi connectivity index (χ4v) is 4.03. The molecule has 0 saturated carbocycles. The number of hydrogen-bond acceptors (Lipinski definition) is 4. The van der Waals surface area contributed by atoms with Gasteiger partial charge in [0.25, 0.3) is 0 Å². The van der Waals surface area contributed by atoms with Gasteiger partial charge in [0.05, 0.1) is 25.1 Å². The van der Waals surface area contributed by atoms with Gasteiger partial charge in [-0.3, -0.25) is 9.80 Å². The van der Waals surface area contributed by atoms with E-state index in [1.807, 2.05) is 12.5 Å². The summed E-state index contributed by atoms with van der Waals surface area (Å²) in [5, 5.41) is 0. The van der Waals surface area contributed by atoms with Crippen molar-refractivity contribution < 1.29 is 8.83 Å². The molecule has 2 aromatic heterocycles. The third-order valence-electron chi connectivity index (χ3n) is 4.70. The van der Waals surface area contributed by atoms with E-state index in [1.165, 1.54) is 43.7 Å². The van der Waals surface area contributed by atoms with Crippen molar-refractivity contribution in [1.29, 1.82) is 0 Å². The van der Waals surface area contributed by atoms with Gasteiger partial charge < -0.3 is 8.83 Å². The molecular weight excluding hydrogens is 264 g/mol. The lowest BCUT2D eigenvalue weighted by atomic mass is 9.84. The highest BCUT2D eigenvalue weighted by Gasteiger charge is 2.34. The molecule has 4 rings (SSSR count). The van der Waals surface area contributed by atoms with Gasteiger partial charge in [0, 0.05) is 50.4 Å². The summed E-state index contributed by atoms with van der Waals surface area (Å²) in [4.78, 5) is 5.19. The Hall–Kier alpha value is -1.52. The second kappa shape index (κ2) is 5.70. The van der Waals surface area contributed by atoms with Crippen molar-refractivity contribution in [3.8, 4) is 0 Å². The SMILES string of the molecule is c1cc(CN2CC3CC(C2)CN(Cc2ccoc2)C3)co1. The Morgan fingerprint density at radius 1 is 0.810 bits per heavy atom. The average Bonchev–Trinajstić information content (AvgIpc) is 3.11. The molecule has 0 spiro atoms. The van der Waals surface area contributed by atoms with Crippen molar-refractivity contribution in [1.82, 2.24) is 9.80 Å². The van der Waals surface area contributed by atoms with Gasteiger partial charge in [0.1, 0.15) is 0 Å². The lowest BCUT2D eigenvalue weighted by Gasteiger charge is -2.45. The molecule has 0 aromatic carbocycles. The summed E-state index contributed by atoms with van der Waals surface area (Å²) in [6, 6.07) is 4.16. The van der Waals surface area contributed by atoms with Crippen LogP contribution in [0, 0.1) is 11.8 Å². The molecule has 112 valence electrons. The summed E-state index contributed by atoms with van der Waals surface area (Å²) in [5.74, 6) is 1.60. The van der Waals surface area contributed by atoms with E-state index in [0.717, 1.165) is 24.9 Å². The molecule has 2 aliphatic rings. The summed E-state index contributed by atoms with van der Waals surface area (Å²) < 4.78 is 10.4. The number of fused-ring (bicyclic) bond motifs is 2. The summed E-state index contributed by atoms with van der Waals surface area (Å²) in [6.07, 6.45) is 8.68. The topological polar surface area (TPSA) is 32.8 Å². The van der Waals surface area contributed by atoms with Crippen molar-refractivity contribution in [2.75, 3.05) is 26.2 Å². The highest BCUT2D eigenvalue weighted by Crippen LogP contribution is 2.30. The Morgan fingerprint density at radius 3 is 1.67 bits per heavy atom. The van der Waals surface area contributed by atoms with E-state index in [4.69, 9.17) is 8.83 Å². The summed E-state index contributed by atoms with van der Waals surface area (Å²) in [7, 11) is 0. The highest BCUT2D eigenvalue weighted by atomic mass is 16.3. The zero-order valence-electron chi connectivity index (χ0n) is 12.3. The number of hydrogen-bond donors (Lipinski definition) is 0. The largest absolute Gasteiger partial charge is 0.472 e. The molecule has 0 unspecified atom stereocenters. The van der Waals surface area contributed by atoms with Crippen LogP contribution in [0.15, 0.2) is 46.0 Å². The molecule has 4 heteroatoms. The Morgan fingerprint density at radius 2 is 1.29 bits per heavy atom. The molecule has 2 fully saturated rings. The van der Waals surface area contributed by atoms with Gasteiger partial charge >= 0.3 is 0 Å². The molecular formula is C17H22N2O2. The fourth-order valence-electron chi connectivity index (χ4n) is 4.03. The third kappa shape index (κ3) is 3.06. The number of furan rings is 2. The molecule has 21 heavy (non-hydrogen) atoms. The van der Waals surface area contributed by atoms with Crippen LogP contribution in [0.1, 0.15) is 17.5 Å². The van der Waals surface area contributed by atoms with Crippen LogP contribution in [0.5, 0.6) is 0 Å². The van der Waals surface area contributed by atoms with Crippen LogP contribution in [0.3, 0.4) is 0 Å². The first-order valence-corrected chi connectivity index (χ1v) is 7.82. The summed E-state index contributed by atoms with van der Waals surface area (Å²) in [6.45, 7) is 6.91. The Bertz CT molecular complexity index is 487. The van der Waals surface area contributed by atoms with E-state index in [1.54, 1.807) is 12.5 Å². The first-order chi connectivity index (χ1) is 10.3. The minimum absolute atomic E-state index is 0.802. The van der Waals surface area contributed by atoms with Crippen LogP contribution >= 0.6 is 0 Å². The van der Waals surface area contributed by atoms with Crippen LogP contribution in [0.4, 0.5) is 0 Å². The molecule has 0 aliphatic carbocycles. The average molecular weight is 286 g/mol. The van der Waals surface area contributed by atoms with E-state index in [-0.39, 0.29) is 0 Å². The normalized spacial score (nSPS) is 27.0. The van der Waals surface area contributed by atoms with Crippen molar-refractivity contribution >= 4 is 0 Å². The third-order valence-corrected chi connectivity index (χ3v) is 4.70. The first kappa shape index (κ1) is 13.2. The highest BCUT2D eigenvalue weighted by molar-refractivity contribution is 5.07. The Kier molecular flexibility index (Phi) is 3.57. The predicted octanol–water partition coefficient (Wildman–Crippen LogP) is 2.83. The standard InChI is InChI=1S/C17H22N2O2/c1-3-20-12-14(1)6-18-8-16-5-17(9-18)11-19(10-16)7-15-2-4-21-13-15/h1-4,12-13,16-17H,5-11H2. The summed E-state index contributed by atoms with van der Waals surface area (Å²) >= 11 is 0. The van der Waals surface area contributed by atoms with Gasteiger partial charge in [-0.2, -0.15) is 0 Å². The number of piperidine rings is 2. The molecule has 2 bridgehead atoms. The van der Waals surface area contributed by atoms with E-state index in [0.29, 0.717) is 0 Å². The van der Waals surface area contributed by atoms with Gasteiger partial charge in [-0.25, -0.2) is 0 Å². The monoisotopic (exact) mass is 286 g/mol. The second-order valence-corrected chi connectivity index (χ2v) is 6.62. The van der Waals surface area contributed by atoms with E-state index in [9.17, 15) is 0 Å². The molecule has 0 atom stereocenters. The van der Waals surface area contributed by atoms with Gasteiger partial charge in [-0.1, -0.05) is 0 Å². The van der Waals surface area contributed by atoms with Crippen LogP contribution in [-0.4, -0.2) is 36.0 Å². The van der Waals surface area contributed by atoms with Crippen LogP contribution < -0.4 is 0 Å². The zero-order valence-corrected chi connectivity index (χ0v) is 12.3. The number of rotatable bonds is 4. The molecule has 4 heterocycles. The molecule has 2 saturated heterocycles. The lowest BCUT2D eigenvalue weighted by molar-refractivity contribution is 0.0240. The fraction of sp³-hybridized carbons (Fsp3) is 0.529. The van der Waals surface area contributed by atoms with Gasteiger partial charge in [-0.05, 0) is 30.4 Å².